The Labute approximate surface area is 163 Å². The third-order valence-electron chi connectivity index (χ3n) is 5.81. The molecular formula is C22H23NO5. The lowest BCUT2D eigenvalue weighted by Crippen LogP contribution is -2.41. The van der Waals surface area contributed by atoms with E-state index in [0.29, 0.717) is 30.9 Å². The van der Waals surface area contributed by atoms with Crippen molar-refractivity contribution in [1.29, 1.82) is 0 Å². The Morgan fingerprint density at radius 1 is 1.07 bits per heavy atom. The number of hydrogen-bond acceptors (Lipinski definition) is 5. The lowest BCUT2D eigenvalue weighted by atomic mass is 9.74. The number of carbonyl (C=O) groups excluding carboxylic acids is 1. The summed E-state index contributed by atoms with van der Waals surface area (Å²) in [5.74, 6) is 2.54. The molecular weight excluding hydrogens is 358 g/mol. The minimum atomic E-state index is -0.268. The van der Waals surface area contributed by atoms with E-state index in [1.807, 2.05) is 30.3 Å². The highest BCUT2D eigenvalue weighted by Gasteiger charge is 2.36. The number of benzene rings is 2. The summed E-state index contributed by atoms with van der Waals surface area (Å²) in [6, 6.07) is 11.6. The molecule has 1 aliphatic carbocycles. The van der Waals surface area contributed by atoms with Crippen molar-refractivity contribution in [1.82, 2.24) is 5.32 Å². The highest BCUT2D eigenvalue weighted by atomic mass is 16.7. The zero-order valence-electron chi connectivity index (χ0n) is 15.5. The number of aliphatic hydroxyl groups is 1. The minimum Gasteiger partial charge on any atom is -0.493 e. The summed E-state index contributed by atoms with van der Waals surface area (Å²) in [7, 11) is 0. The van der Waals surface area contributed by atoms with Crippen molar-refractivity contribution in [2.75, 3.05) is 13.4 Å². The predicted octanol–water partition coefficient (Wildman–Crippen LogP) is 2.52. The molecule has 6 heteroatoms. The van der Waals surface area contributed by atoms with E-state index in [2.05, 4.69) is 11.4 Å². The molecule has 28 heavy (non-hydrogen) atoms. The number of amides is 1. The maximum atomic E-state index is 12.8. The summed E-state index contributed by atoms with van der Waals surface area (Å²) in [6.07, 6.45) is 2.33. The van der Waals surface area contributed by atoms with Crippen molar-refractivity contribution in [2.45, 2.75) is 37.8 Å². The largest absolute Gasteiger partial charge is 0.493 e. The summed E-state index contributed by atoms with van der Waals surface area (Å²) in [5, 5.41) is 13.0. The maximum Gasteiger partial charge on any atom is 0.231 e. The van der Waals surface area contributed by atoms with Crippen LogP contribution in [0.25, 0.3) is 0 Å². The van der Waals surface area contributed by atoms with Crippen LogP contribution in [0.15, 0.2) is 36.4 Å². The number of rotatable bonds is 5. The van der Waals surface area contributed by atoms with Crippen molar-refractivity contribution in [3.05, 3.63) is 53.1 Å². The number of fused-ring (bicyclic) bond motifs is 2. The Balaban J connectivity index is 1.32. The van der Waals surface area contributed by atoms with Gasteiger partial charge in [0, 0.05) is 6.42 Å². The average molecular weight is 381 g/mol. The first-order valence-electron chi connectivity index (χ1n) is 9.77. The summed E-state index contributed by atoms with van der Waals surface area (Å²) >= 11 is 0. The van der Waals surface area contributed by atoms with Crippen LogP contribution < -0.4 is 19.5 Å². The van der Waals surface area contributed by atoms with E-state index in [4.69, 9.17) is 14.2 Å². The number of nitrogens with one attached hydrogen (secondary N) is 1. The van der Waals surface area contributed by atoms with Gasteiger partial charge in [-0.15, -0.1) is 0 Å². The lowest BCUT2D eigenvalue weighted by Gasteiger charge is -2.38. The van der Waals surface area contributed by atoms with Crippen molar-refractivity contribution >= 4 is 5.91 Å². The molecule has 1 fully saturated rings. The topological polar surface area (TPSA) is 77.0 Å². The standard InChI is InChI=1S/C22H23NO5/c24-17-10-16(11-17)22(15-2-4-18-14(9-15)5-6-26-18)23-21(25)8-13-1-3-19-20(7-13)28-12-27-19/h1-4,7,9,16-17,22,24H,5-6,8,10-12H2,(H,23,25). The number of aliphatic hydroxyl groups excluding tert-OH is 1. The normalized spacial score (nSPS) is 22.8. The molecule has 146 valence electrons. The van der Waals surface area contributed by atoms with Crippen molar-refractivity contribution in [2.24, 2.45) is 5.92 Å². The van der Waals surface area contributed by atoms with Gasteiger partial charge in [0.1, 0.15) is 5.75 Å². The first-order chi connectivity index (χ1) is 13.7. The summed E-state index contributed by atoms with van der Waals surface area (Å²) in [6.45, 7) is 0.932. The zero-order chi connectivity index (χ0) is 19.1. The highest BCUT2D eigenvalue weighted by Crippen LogP contribution is 2.40. The maximum absolute atomic E-state index is 12.8. The Morgan fingerprint density at radius 3 is 2.75 bits per heavy atom. The minimum absolute atomic E-state index is 0.0398. The molecule has 2 heterocycles. The van der Waals surface area contributed by atoms with E-state index in [1.165, 1.54) is 5.56 Å². The monoisotopic (exact) mass is 381 g/mol. The smallest absolute Gasteiger partial charge is 0.231 e. The zero-order valence-corrected chi connectivity index (χ0v) is 15.5. The first-order valence-corrected chi connectivity index (χ1v) is 9.77. The number of ether oxygens (including phenoxy) is 3. The highest BCUT2D eigenvalue weighted by molar-refractivity contribution is 5.79. The second-order valence-corrected chi connectivity index (χ2v) is 7.76. The van der Waals surface area contributed by atoms with Crippen LogP contribution in [-0.4, -0.2) is 30.5 Å². The van der Waals surface area contributed by atoms with Crippen LogP contribution in [0.5, 0.6) is 17.2 Å². The van der Waals surface area contributed by atoms with Gasteiger partial charge in [0.2, 0.25) is 12.7 Å². The second kappa shape index (κ2) is 7.02. The molecule has 0 bridgehead atoms. The van der Waals surface area contributed by atoms with Crippen LogP contribution in [0, 0.1) is 5.92 Å². The molecule has 1 unspecified atom stereocenters. The fourth-order valence-corrected chi connectivity index (χ4v) is 4.24. The third-order valence-corrected chi connectivity index (χ3v) is 5.81. The van der Waals surface area contributed by atoms with Crippen LogP contribution in [0.2, 0.25) is 0 Å². The molecule has 2 aromatic carbocycles. The van der Waals surface area contributed by atoms with Gasteiger partial charge in [-0.3, -0.25) is 4.79 Å². The van der Waals surface area contributed by atoms with Gasteiger partial charge in [0.15, 0.2) is 11.5 Å². The second-order valence-electron chi connectivity index (χ2n) is 7.76. The Kier molecular flexibility index (Phi) is 4.36. The molecule has 0 aromatic heterocycles. The molecule has 5 rings (SSSR count). The van der Waals surface area contributed by atoms with E-state index >= 15 is 0 Å². The summed E-state index contributed by atoms with van der Waals surface area (Å²) in [5.41, 5.74) is 3.16. The molecule has 0 saturated heterocycles. The van der Waals surface area contributed by atoms with E-state index < -0.39 is 0 Å². The van der Waals surface area contributed by atoms with Crippen molar-refractivity contribution in [3.63, 3.8) is 0 Å². The van der Waals surface area contributed by atoms with Crippen molar-refractivity contribution < 1.29 is 24.1 Å². The summed E-state index contributed by atoms with van der Waals surface area (Å²) < 4.78 is 16.3. The summed E-state index contributed by atoms with van der Waals surface area (Å²) in [4.78, 5) is 12.8. The number of carbonyl (C=O) groups is 1. The average Bonchev–Trinajstić information content (AvgIpc) is 3.31. The molecule has 1 amide bonds. The molecule has 2 aliphatic heterocycles. The predicted molar refractivity (Wildman–Crippen MR) is 102 cm³/mol. The van der Waals surface area contributed by atoms with Crippen LogP contribution >= 0.6 is 0 Å². The lowest BCUT2D eigenvalue weighted by molar-refractivity contribution is -0.122. The van der Waals surface area contributed by atoms with E-state index in [1.54, 1.807) is 0 Å². The molecule has 1 atom stereocenters. The van der Waals surface area contributed by atoms with Crippen LogP contribution in [0.1, 0.15) is 35.6 Å². The molecule has 0 radical (unpaired) electrons. The van der Waals surface area contributed by atoms with E-state index in [-0.39, 0.29) is 37.2 Å². The van der Waals surface area contributed by atoms with Gasteiger partial charge in [0.25, 0.3) is 0 Å². The van der Waals surface area contributed by atoms with Gasteiger partial charge < -0.3 is 24.6 Å². The quantitative estimate of drug-likeness (QED) is 0.832. The Bertz CT molecular complexity index is 906. The van der Waals surface area contributed by atoms with Crippen molar-refractivity contribution in [3.8, 4) is 17.2 Å². The van der Waals surface area contributed by atoms with E-state index in [0.717, 1.165) is 23.3 Å². The van der Waals surface area contributed by atoms with Gasteiger partial charge in [-0.1, -0.05) is 12.1 Å². The molecule has 6 nitrogen and oxygen atoms in total. The fraction of sp³-hybridized carbons (Fsp3) is 0.409. The molecule has 2 aromatic rings. The van der Waals surface area contributed by atoms with E-state index in [9.17, 15) is 9.90 Å². The van der Waals surface area contributed by atoms with Gasteiger partial charge >= 0.3 is 0 Å². The molecule has 0 spiro atoms. The van der Waals surface area contributed by atoms with Crippen LogP contribution in [-0.2, 0) is 17.6 Å². The molecule has 3 aliphatic rings. The van der Waals surface area contributed by atoms with Gasteiger partial charge in [-0.05, 0) is 59.7 Å². The Hall–Kier alpha value is -2.73. The van der Waals surface area contributed by atoms with Crippen LogP contribution in [0.3, 0.4) is 0 Å². The first kappa shape index (κ1) is 17.4. The third kappa shape index (κ3) is 3.29. The number of hydrogen-bond donors (Lipinski definition) is 2. The van der Waals surface area contributed by atoms with Gasteiger partial charge in [-0.2, -0.15) is 0 Å². The van der Waals surface area contributed by atoms with Crippen LogP contribution in [0.4, 0.5) is 0 Å². The van der Waals surface area contributed by atoms with Gasteiger partial charge in [-0.25, -0.2) is 0 Å². The molecule has 2 N–H and O–H groups in total. The SMILES string of the molecule is O=C(Cc1ccc2c(c1)OCO2)NC(c1ccc2c(c1)CCO2)C1CC(O)C1. The molecule has 1 saturated carbocycles. The fourth-order valence-electron chi connectivity index (χ4n) is 4.24. The Morgan fingerprint density at radius 2 is 1.89 bits per heavy atom. The van der Waals surface area contributed by atoms with Gasteiger partial charge in [0.05, 0.1) is 25.2 Å².